The van der Waals surface area contributed by atoms with E-state index < -0.39 is 0 Å². The van der Waals surface area contributed by atoms with Crippen LogP contribution in [0.3, 0.4) is 0 Å². The van der Waals surface area contributed by atoms with Crippen molar-refractivity contribution >= 4 is 12.4 Å². The summed E-state index contributed by atoms with van der Waals surface area (Å²) in [6.07, 6.45) is 3.56. The molecule has 1 rings (SSSR count). The first-order valence-corrected chi connectivity index (χ1v) is 4.17. The van der Waals surface area contributed by atoms with Gasteiger partial charge in [-0.1, -0.05) is 20.8 Å². The molecular formula is C10H17ClN2. The lowest BCUT2D eigenvalue weighted by atomic mass is 9.83. The van der Waals surface area contributed by atoms with Crippen LogP contribution in [0.25, 0.3) is 0 Å². The predicted molar refractivity (Wildman–Crippen MR) is 57.9 cm³/mol. The molecule has 2 N–H and O–H groups in total. The molecule has 0 saturated heterocycles. The zero-order chi connectivity index (χ0) is 9.19. The van der Waals surface area contributed by atoms with Gasteiger partial charge >= 0.3 is 0 Å². The van der Waals surface area contributed by atoms with Crippen LogP contribution in [0.1, 0.15) is 32.4 Å². The van der Waals surface area contributed by atoms with Gasteiger partial charge in [0.1, 0.15) is 0 Å². The molecule has 0 spiro atoms. The van der Waals surface area contributed by atoms with Crippen LogP contribution in [0.2, 0.25) is 0 Å². The Morgan fingerprint density at radius 1 is 1.23 bits per heavy atom. The summed E-state index contributed by atoms with van der Waals surface area (Å²) in [5, 5.41) is 0. The third-order valence-electron chi connectivity index (χ3n) is 2.00. The summed E-state index contributed by atoms with van der Waals surface area (Å²) in [6, 6.07) is 4.02. The molecule has 0 bridgehead atoms. The highest BCUT2D eigenvalue weighted by Gasteiger charge is 2.21. The van der Waals surface area contributed by atoms with Gasteiger partial charge in [0.2, 0.25) is 0 Å². The average Bonchev–Trinajstić information content (AvgIpc) is 2.03. The Labute approximate surface area is 86.0 Å². The van der Waals surface area contributed by atoms with Crippen molar-refractivity contribution in [1.29, 1.82) is 0 Å². The molecule has 0 saturated carbocycles. The van der Waals surface area contributed by atoms with Gasteiger partial charge in [0.15, 0.2) is 0 Å². The Morgan fingerprint density at radius 3 is 2.08 bits per heavy atom. The van der Waals surface area contributed by atoms with E-state index in [1.54, 1.807) is 12.4 Å². The van der Waals surface area contributed by atoms with Gasteiger partial charge in [-0.25, -0.2) is 0 Å². The van der Waals surface area contributed by atoms with Crippen molar-refractivity contribution in [2.45, 2.75) is 26.8 Å². The van der Waals surface area contributed by atoms with E-state index in [0.29, 0.717) is 0 Å². The van der Waals surface area contributed by atoms with E-state index in [9.17, 15) is 0 Å². The van der Waals surface area contributed by atoms with Crippen LogP contribution in [0.4, 0.5) is 0 Å². The smallest absolute Gasteiger partial charge is 0.0345 e. The molecule has 13 heavy (non-hydrogen) atoms. The Hall–Kier alpha value is -0.600. The summed E-state index contributed by atoms with van der Waals surface area (Å²) >= 11 is 0. The first-order chi connectivity index (χ1) is 5.52. The number of hydrogen-bond donors (Lipinski definition) is 1. The van der Waals surface area contributed by atoms with E-state index in [-0.39, 0.29) is 23.9 Å². The maximum atomic E-state index is 6.04. The molecule has 2 nitrogen and oxygen atoms in total. The highest BCUT2D eigenvalue weighted by molar-refractivity contribution is 5.85. The summed E-state index contributed by atoms with van der Waals surface area (Å²) in [4.78, 5) is 3.95. The van der Waals surface area contributed by atoms with Gasteiger partial charge in [-0.3, -0.25) is 4.98 Å². The Balaban J connectivity index is 0.00000144. The summed E-state index contributed by atoms with van der Waals surface area (Å²) in [6.45, 7) is 6.41. The van der Waals surface area contributed by atoms with Crippen molar-refractivity contribution in [2.75, 3.05) is 0 Å². The first kappa shape index (κ1) is 12.4. The second kappa shape index (κ2) is 4.58. The highest BCUT2D eigenvalue weighted by Crippen LogP contribution is 2.29. The average molecular weight is 201 g/mol. The molecule has 1 aromatic heterocycles. The van der Waals surface area contributed by atoms with Gasteiger partial charge in [0.25, 0.3) is 0 Å². The third kappa shape index (κ3) is 3.33. The summed E-state index contributed by atoms with van der Waals surface area (Å²) < 4.78 is 0. The van der Waals surface area contributed by atoms with E-state index in [0.717, 1.165) is 5.56 Å². The van der Waals surface area contributed by atoms with Gasteiger partial charge in [0, 0.05) is 18.4 Å². The summed E-state index contributed by atoms with van der Waals surface area (Å²) in [7, 11) is 0. The van der Waals surface area contributed by atoms with Crippen LogP contribution < -0.4 is 5.73 Å². The molecule has 3 heteroatoms. The zero-order valence-corrected chi connectivity index (χ0v) is 9.14. The maximum Gasteiger partial charge on any atom is 0.0345 e. The number of halogens is 1. The molecule has 0 aliphatic heterocycles. The highest BCUT2D eigenvalue weighted by atomic mass is 35.5. The SMILES string of the molecule is CC(C)(C)C(N)c1ccncc1.Cl. The number of aromatic nitrogens is 1. The predicted octanol–water partition coefficient (Wildman–Crippen LogP) is 2.55. The minimum Gasteiger partial charge on any atom is -0.324 e. The fourth-order valence-electron chi connectivity index (χ4n) is 1.07. The lowest BCUT2D eigenvalue weighted by Crippen LogP contribution is -2.26. The Morgan fingerprint density at radius 2 is 1.69 bits per heavy atom. The molecule has 0 aliphatic rings. The second-order valence-electron chi connectivity index (χ2n) is 4.12. The minimum atomic E-state index is 0. The van der Waals surface area contributed by atoms with Crippen LogP contribution in [0.5, 0.6) is 0 Å². The summed E-state index contributed by atoms with van der Waals surface area (Å²) in [5.74, 6) is 0. The molecule has 1 unspecified atom stereocenters. The Kier molecular flexibility index (Phi) is 4.37. The maximum absolute atomic E-state index is 6.04. The molecule has 1 aromatic rings. The standard InChI is InChI=1S/C10H16N2.ClH/c1-10(2,3)9(11)8-4-6-12-7-5-8;/h4-7,9H,11H2,1-3H3;1H. The zero-order valence-electron chi connectivity index (χ0n) is 8.32. The molecule has 0 fully saturated rings. The molecule has 0 radical (unpaired) electrons. The van der Waals surface area contributed by atoms with E-state index in [1.165, 1.54) is 0 Å². The number of pyridine rings is 1. The quantitative estimate of drug-likeness (QED) is 0.757. The van der Waals surface area contributed by atoms with Crippen molar-refractivity contribution < 1.29 is 0 Å². The van der Waals surface area contributed by atoms with E-state index in [1.807, 2.05) is 12.1 Å². The van der Waals surface area contributed by atoms with Crippen molar-refractivity contribution in [1.82, 2.24) is 4.98 Å². The molecule has 1 heterocycles. The van der Waals surface area contributed by atoms with Crippen molar-refractivity contribution in [2.24, 2.45) is 11.1 Å². The third-order valence-corrected chi connectivity index (χ3v) is 2.00. The number of rotatable bonds is 1. The fraction of sp³-hybridized carbons (Fsp3) is 0.500. The van der Waals surface area contributed by atoms with Gasteiger partial charge in [0.05, 0.1) is 0 Å². The largest absolute Gasteiger partial charge is 0.324 e. The molecular weight excluding hydrogens is 184 g/mol. The van der Waals surface area contributed by atoms with Gasteiger partial charge in [-0.15, -0.1) is 12.4 Å². The second-order valence-corrected chi connectivity index (χ2v) is 4.12. The van der Waals surface area contributed by atoms with E-state index >= 15 is 0 Å². The molecule has 0 aromatic carbocycles. The van der Waals surface area contributed by atoms with Crippen LogP contribution in [-0.2, 0) is 0 Å². The van der Waals surface area contributed by atoms with Gasteiger partial charge < -0.3 is 5.73 Å². The molecule has 1 atom stereocenters. The number of hydrogen-bond acceptors (Lipinski definition) is 2. The number of nitrogens with zero attached hydrogens (tertiary/aromatic N) is 1. The van der Waals surface area contributed by atoms with Crippen molar-refractivity contribution in [3.05, 3.63) is 30.1 Å². The van der Waals surface area contributed by atoms with Crippen LogP contribution in [0, 0.1) is 5.41 Å². The van der Waals surface area contributed by atoms with Gasteiger partial charge in [-0.2, -0.15) is 0 Å². The van der Waals surface area contributed by atoms with Crippen LogP contribution in [0.15, 0.2) is 24.5 Å². The lowest BCUT2D eigenvalue weighted by molar-refractivity contribution is 0.327. The topological polar surface area (TPSA) is 38.9 Å². The summed E-state index contributed by atoms with van der Waals surface area (Å²) in [5.41, 5.74) is 7.31. The van der Waals surface area contributed by atoms with Crippen molar-refractivity contribution in [3.63, 3.8) is 0 Å². The minimum absolute atomic E-state index is 0. The number of nitrogens with two attached hydrogens (primary N) is 1. The first-order valence-electron chi connectivity index (χ1n) is 4.17. The van der Waals surface area contributed by atoms with Gasteiger partial charge in [-0.05, 0) is 23.1 Å². The van der Waals surface area contributed by atoms with Crippen molar-refractivity contribution in [3.8, 4) is 0 Å². The van der Waals surface area contributed by atoms with E-state index in [4.69, 9.17) is 5.73 Å². The fourth-order valence-corrected chi connectivity index (χ4v) is 1.07. The molecule has 0 amide bonds. The van der Waals surface area contributed by atoms with E-state index in [2.05, 4.69) is 25.8 Å². The van der Waals surface area contributed by atoms with Crippen LogP contribution in [-0.4, -0.2) is 4.98 Å². The normalized spacial score (nSPS) is 13.2. The monoisotopic (exact) mass is 200 g/mol. The molecule has 0 aliphatic carbocycles. The molecule has 74 valence electrons. The Bertz CT molecular complexity index is 241. The lowest BCUT2D eigenvalue weighted by Gasteiger charge is -2.27. The van der Waals surface area contributed by atoms with Crippen LogP contribution >= 0.6 is 12.4 Å².